The molecular formula is C18H26BrIO. The summed E-state index contributed by atoms with van der Waals surface area (Å²) in [7, 11) is 1.71. The highest BCUT2D eigenvalue weighted by molar-refractivity contribution is 14.1. The molecular weight excluding hydrogens is 439 g/mol. The first kappa shape index (κ1) is 19.2. The van der Waals surface area contributed by atoms with Gasteiger partial charge in [0.1, 0.15) is 0 Å². The smallest absolute Gasteiger partial charge is 0.0723 e. The molecule has 1 nitrogen and oxygen atoms in total. The quantitative estimate of drug-likeness (QED) is 0.438. The molecule has 118 valence electrons. The fraction of sp³-hybridized carbons (Fsp3) is 0.556. The van der Waals surface area contributed by atoms with Gasteiger partial charge in [-0.25, -0.2) is 0 Å². The third-order valence-electron chi connectivity index (χ3n) is 3.65. The van der Waals surface area contributed by atoms with Crippen LogP contribution in [0.2, 0.25) is 0 Å². The van der Waals surface area contributed by atoms with Crippen molar-refractivity contribution in [1.29, 1.82) is 0 Å². The molecule has 0 aromatic heterocycles. The third-order valence-corrected chi connectivity index (χ3v) is 4.93. The number of hydrogen-bond donors (Lipinski definition) is 0. The number of ether oxygens (including phenoxy) is 1. The molecule has 3 heteroatoms. The molecule has 1 aromatic rings. The van der Waals surface area contributed by atoms with Gasteiger partial charge in [0.15, 0.2) is 0 Å². The van der Waals surface area contributed by atoms with E-state index in [1.807, 2.05) is 16.2 Å². The number of methoxy groups -OCH3 is 1. The lowest BCUT2D eigenvalue weighted by Crippen LogP contribution is -1.92. The Morgan fingerprint density at radius 2 is 1.43 bits per heavy atom. The first-order valence-corrected chi connectivity index (χ1v) is 9.86. The van der Waals surface area contributed by atoms with Gasteiger partial charge in [-0.3, -0.25) is 0 Å². The molecule has 0 atom stereocenters. The van der Waals surface area contributed by atoms with Gasteiger partial charge in [-0.1, -0.05) is 102 Å². The molecule has 0 radical (unpaired) electrons. The first-order chi connectivity index (χ1) is 10.3. The minimum absolute atomic E-state index is 0.657. The van der Waals surface area contributed by atoms with Crippen molar-refractivity contribution in [1.82, 2.24) is 0 Å². The maximum absolute atomic E-state index is 5.09. The molecule has 2 rings (SSSR count). The maximum Gasteiger partial charge on any atom is 0.0723 e. The van der Waals surface area contributed by atoms with E-state index in [9.17, 15) is 0 Å². The van der Waals surface area contributed by atoms with E-state index in [-0.39, 0.29) is 0 Å². The van der Waals surface area contributed by atoms with E-state index in [1.165, 1.54) is 62.5 Å². The Kier molecular flexibility index (Phi) is 11.6. The fourth-order valence-electron chi connectivity index (χ4n) is 2.41. The molecule has 0 aliphatic heterocycles. The summed E-state index contributed by atoms with van der Waals surface area (Å²) >= 11 is 5.63. The van der Waals surface area contributed by atoms with Gasteiger partial charge in [0.25, 0.3) is 0 Å². The highest BCUT2D eigenvalue weighted by atomic mass is 127. The zero-order valence-electron chi connectivity index (χ0n) is 12.9. The Morgan fingerprint density at radius 1 is 1.00 bits per heavy atom. The summed E-state index contributed by atoms with van der Waals surface area (Å²) in [5.74, 6) is 0. The zero-order chi connectivity index (χ0) is 15.3. The predicted octanol–water partition coefficient (Wildman–Crippen LogP) is 6.99. The highest BCUT2D eigenvalue weighted by Gasteiger charge is 1.99. The molecule has 0 saturated heterocycles. The van der Waals surface area contributed by atoms with E-state index >= 15 is 0 Å². The van der Waals surface area contributed by atoms with E-state index in [4.69, 9.17) is 4.74 Å². The van der Waals surface area contributed by atoms with Gasteiger partial charge < -0.3 is 4.74 Å². The molecule has 21 heavy (non-hydrogen) atoms. The monoisotopic (exact) mass is 464 g/mol. The summed E-state index contributed by atoms with van der Waals surface area (Å²) in [5.41, 5.74) is 2.41. The van der Waals surface area contributed by atoms with Gasteiger partial charge in [-0.2, -0.15) is 0 Å². The van der Waals surface area contributed by atoms with E-state index < -0.39 is 0 Å². The van der Waals surface area contributed by atoms with Crippen molar-refractivity contribution in [3.8, 4) is 0 Å². The molecule has 1 aliphatic carbocycles. The summed E-state index contributed by atoms with van der Waals surface area (Å²) in [5, 5.41) is 0. The van der Waals surface area contributed by atoms with Crippen LogP contribution < -0.4 is 0 Å². The summed E-state index contributed by atoms with van der Waals surface area (Å²) in [6, 6.07) is 8.22. The van der Waals surface area contributed by atoms with Crippen LogP contribution in [0.4, 0.5) is 0 Å². The van der Waals surface area contributed by atoms with E-state index in [0.717, 1.165) is 4.47 Å². The standard InChI is InChI=1S/C10H10BrIO.C8H16/c1-13-7-9(6-12)8-2-4-10(11)5-3-8;1-2-4-6-8-7-5-3-1/h2-6H,7H2,1H3;1-8H2/b9-6+;. The molecule has 1 fully saturated rings. The SMILES string of the molecule is C1CCCCCCC1.COC/C(=C\I)c1ccc(Br)cc1. The summed E-state index contributed by atoms with van der Waals surface area (Å²) < 4.78 is 8.24. The van der Waals surface area contributed by atoms with Gasteiger partial charge in [0, 0.05) is 11.6 Å². The van der Waals surface area contributed by atoms with Crippen molar-refractivity contribution in [2.75, 3.05) is 13.7 Å². The first-order valence-electron chi connectivity index (χ1n) is 7.82. The highest BCUT2D eigenvalue weighted by Crippen LogP contribution is 2.19. The molecule has 0 spiro atoms. The van der Waals surface area contributed by atoms with E-state index in [2.05, 4.69) is 50.7 Å². The lowest BCUT2D eigenvalue weighted by molar-refractivity contribution is 0.240. The molecule has 0 unspecified atom stereocenters. The average molecular weight is 465 g/mol. The summed E-state index contributed by atoms with van der Waals surface area (Å²) in [4.78, 5) is 0. The van der Waals surface area contributed by atoms with E-state index in [0.29, 0.717) is 6.61 Å². The number of halogens is 2. The number of benzene rings is 1. The second-order valence-corrected chi connectivity index (χ2v) is 6.94. The van der Waals surface area contributed by atoms with Crippen LogP contribution in [0.3, 0.4) is 0 Å². The second kappa shape index (κ2) is 12.7. The van der Waals surface area contributed by atoms with Crippen LogP contribution >= 0.6 is 38.5 Å². The van der Waals surface area contributed by atoms with Crippen LogP contribution in [0, 0.1) is 0 Å². The Morgan fingerprint density at radius 3 is 1.76 bits per heavy atom. The molecule has 1 saturated carbocycles. The van der Waals surface area contributed by atoms with Crippen LogP contribution in [-0.2, 0) is 4.74 Å². The van der Waals surface area contributed by atoms with Gasteiger partial charge in [0.2, 0.25) is 0 Å². The van der Waals surface area contributed by atoms with Crippen LogP contribution in [-0.4, -0.2) is 13.7 Å². The van der Waals surface area contributed by atoms with Crippen LogP contribution in [0.1, 0.15) is 56.9 Å². The zero-order valence-corrected chi connectivity index (χ0v) is 16.7. The van der Waals surface area contributed by atoms with Crippen molar-refractivity contribution in [3.63, 3.8) is 0 Å². The van der Waals surface area contributed by atoms with E-state index in [1.54, 1.807) is 7.11 Å². The van der Waals surface area contributed by atoms with Gasteiger partial charge in [0.05, 0.1) is 6.61 Å². The van der Waals surface area contributed by atoms with Crippen LogP contribution in [0.25, 0.3) is 5.57 Å². The molecule has 1 aromatic carbocycles. The molecule has 0 amide bonds. The minimum Gasteiger partial charge on any atom is -0.380 e. The predicted molar refractivity (Wildman–Crippen MR) is 105 cm³/mol. The van der Waals surface area contributed by atoms with Crippen molar-refractivity contribution in [3.05, 3.63) is 38.4 Å². The van der Waals surface area contributed by atoms with Crippen LogP contribution in [0.5, 0.6) is 0 Å². The number of hydrogen-bond acceptors (Lipinski definition) is 1. The normalized spacial score (nSPS) is 16.4. The van der Waals surface area contributed by atoms with Crippen LogP contribution in [0.15, 0.2) is 32.8 Å². The largest absolute Gasteiger partial charge is 0.380 e. The average Bonchev–Trinajstić information content (AvgIpc) is 2.46. The molecule has 0 heterocycles. The number of rotatable bonds is 3. The lowest BCUT2D eigenvalue weighted by Gasteiger charge is -2.05. The molecule has 0 bridgehead atoms. The fourth-order valence-corrected chi connectivity index (χ4v) is 3.22. The van der Waals surface area contributed by atoms with Crippen molar-refractivity contribution in [2.45, 2.75) is 51.4 Å². The Balaban J connectivity index is 0.000000235. The van der Waals surface area contributed by atoms with Gasteiger partial charge in [-0.05, 0) is 27.4 Å². The third kappa shape index (κ3) is 8.99. The Bertz CT molecular complexity index is 376. The Labute approximate surface area is 151 Å². The Hall–Kier alpha value is 0.130. The second-order valence-electron chi connectivity index (χ2n) is 5.40. The molecule has 0 N–H and O–H groups in total. The lowest BCUT2D eigenvalue weighted by atomic mass is 10.0. The molecule has 1 aliphatic rings. The van der Waals surface area contributed by atoms with Gasteiger partial charge in [-0.15, -0.1) is 0 Å². The topological polar surface area (TPSA) is 9.23 Å². The van der Waals surface area contributed by atoms with Gasteiger partial charge >= 0.3 is 0 Å². The summed E-state index contributed by atoms with van der Waals surface area (Å²) in [6.07, 6.45) is 12.0. The summed E-state index contributed by atoms with van der Waals surface area (Å²) in [6.45, 7) is 0.657. The minimum atomic E-state index is 0.657. The van der Waals surface area contributed by atoms with Crippen molar-refractivity contribution >= 4 is 44.1 Å². The maximum atomic E-state index is 5.09. The van der Waals surface area contributed by atoms with Crippen molar-refractivity contribution in [2.24, 2.45) is 0 Å². The van der Waals surface area contributed by atoms with Crippen molar-refractivity contribution < 1.29 is 4.74 Å².